The average Bonchev–Trinajstić information content (AvgIpc) is 3.17. The molecule has 4 heterocycles. The van der Waals surface area contributed by atoms with Crippen molar-refractivity contribution < 1.29 is 14.3 Å². The Kier molecular flexibility index (Phi) is 6.06. The molecule has 0 aliphatic carbocycles. The number of hydrogen-bond acceptors (Lipinski definition) is 9. The van der Waals surface area contributed by atoms with Gasteiger partial charge >= 0.3 is 0 Å². The molecule has 2 aliphatic rings. The van der Waals surface area contributed by atoms with Crippen molar-refractivity contribution >= 4 is 28.4 Å². The second-order valence-corrected chi connectivity index (χ2v) is 8.86. The number of hydrogen-bond donors (Lipinski definition) is 3. The molecule has 0 unspecified atom stereocenters. The second kappa shape index (κ2) is 9.32. The minimum Gasteiger partial charge on any atom is -0.492 e. The summed E-state index contributed by atoms with van der Waals surface area (Å²) in [5, 5.41) is 13.1. The fourth-order valence-electron chi connectivity index (χ4n) is 4.34. The van der Waals surface area contributed by atoms with Gasteiger partial charge in [0.1, 0.15) is 5.58 Å². The molecule has 0 bridgehead atoms. The number of aryl methyl sites for hydroxylation is 1. The first-order chi connectivity index (χ1) is 16.9. The standard InChI is InChI=1S/C25H29N7O3/c1-17-20-15-27-8-7-21(20)35-24(17)28-32-14-13-31(22(23(26)33)25(32)34)19-5-3-18(4-6-19)16-30-11-9-29(2)10-12-30/h3-8,13-15,28,34H,9-12,16H2,1-2H3,(H2,26,33). The lowest BCUT2D eigenvalue weighted by atomic mass is 10.1. The molecule has 1 saturated heterocycles. The number of pyridine rings is 1. The van der Waals surface area contributed by atoms with E-state index in [1.165, 1.54) is 10.6 Å². The van der Waals surface area contributed by atoms with Crippen LogP contribution in [0, 0.1) is 6.92 Å². The number of aliphatic hydroxyl groups is 1. The van der Waals surface area contributed by atoms with E-state index < -0.39 is 5.91 Å². The maximum absolute atomic E-state index is 12.3. The van der Waals surface area contributed by atoms with Gasteiger partial charge in [0, 0.05) is 74.2 Å². The average molecular weight is 476 g/mol. The maximum atomic E-state index is 12.3. The molecule has 1 amide bonds. The smallest absolute Gasteiger partial charge is 0.271 e. The predicted molar refractivity (Wildman–Crippen MR) is 134 cm³/mol. The summed E-state index contributed by atoms with van der Waals surface area (Å²) in [6, 6.07) is 9.68. The molecule has 1 fully saturated rings. The Morgan fingerprint density at radius 2 is 1.89 bits per heavy atom. The van der Waals surface area contributed by atoms with Crippen LogP contribution in [0.2, 0.25) is 0 Å². The number of carbonyl (C=O) groups is 1. The van der Waals surface area contributed by atoms with Crippen LogP contribution in [-0.4, -0.2) is 64.0 Å². The number of amides is 1. The Hall–Kier alpha value is -4.02. The molecular formula is C25H29N7O3. The number of aromatic nitrogens is 1. The van der Waals surface area contributed by atoms with Crippen LogP contribution in [0.5, 0.6) is 0 Å². The van der Waals surface area contributed by atoms with Gasteiger partial charge in [0.2, 0.25) is 11.8 Å². The van der Waals surface area contributed by atoms with Crippen LogP contribution in [0.15, 0.2) is 71.1 Å². The third-order valence-electron chi connectivity index (χ3n) is 6.46. The zero-order chi connectivity index (χ0) is 24.5. The number of benzene rings is 1. The largest absolute Gasteiger partial charge is 0.492 e. The zero-order valence-electron chi connectivity index (χ0n) is 19.8. The van der Waals surface area contributed by atoms with Gasteiger partial charge in [-0.2, -0.15) is 0 Å². The lowest BCUT2D eigenvalue weighted by molar-refractivity contribution is -0.114. The molecule has 5 rings (SSSR count). The van der Waals surface area contributed by atoms with E-state index in [2.05, 4.69) is 27.3 Å². The normalized spacial score (nSPS) is 17.4. The fraction of sp³-hybridized carbons (Fsp3) is 0.280. The summed E-state index contributed by atoms with van der Waals surface area (Å²) in [4.78, 5) is 22.8. The summed E-state index contributed by atoms with van der Waals surface area (Å²) in [5.74, 6) is -0.667. The van der Waals surface area contributed by atoms with Crippen LogP contribution < -0.4 is 16.1 Å². The van der Waals surface area contributed by atoms with Crippen molar-refractivity contribution in [2.45, 2.75) is 13.5 Å². The predicted octanol–water partition coefficient (Wildman–Crippen LogP) is 2.72. The van der Waals surface area contributed by atoms with Crippen molar-refractivity contribution in [2.24, 2.45) is 5.73 Å². The Balaban J connectivity index is 1.34. The van der Waals surface area contributed by atoms with Crippen LogP contribution >= 0.6 is 0 Å². The van der Waals surface area contributed by atoms with E-state index in [1.54, 1.807) is 35.8 Å². The summed E-state index contributed by atoms with van der Waals surface area (Å²) >= 11 is 0. The SMILES string of the molecule is Cc1c(NN2C=CN(c3ccc(CN4CCN(C)CC4)cc3)C(C(N)=O)=C2O)oc2ccncc12. The van der Waals surface area contributed by atoms with Gasteiger partial charge in [-0.25, -0.2) is 5.01 Å². The number of likely N-dealkylation sites (N-methyl/N-ethyl adjacent to an activating group) is 1. The number of nitrogens with two attached hydrogens (primary N) is 1. The quantitative estimate of drug-likeness (QED) is 0.495. The van der Waals surface area contributed by atoms with E-state index in [1.807, 2.05) is 31.2 Å². The van der Waals surface area contributed by atoms with Gasteiger partial charge in [-0.1, -0.05) is 12.1 Å². The number of piperazine rings is 1. The molecule has 10 heteroatoms. The Labute approximate surface area is 203 Å². The Morgan fingerprint density at radius 1 is 1.14 bits per heavy atom. The number of nitrogens with one attached hydrogen (secondary N) is 1. The van der Waals surface area contributed by atoms with E-state index in [4.69, 9.17) is 10.2 Å². The summed E-state index contributed by atoms with van der Waals surface area (Å²) < 4.78 is 5.84. The molecule has 0 radical (unpaired) electrons. The highest BCUT2D eigenvalue weighted by atomic mass is 16.4. The van der Waals surface area contributed by atoms with Crippen molar-refractivity contribution in [1.82, 2.24) is 19.8 Å². The second-order valence-electron chi connectivity index (χ2n) is 8.86. The third kappa shape index (κ3) is 4.53. The number of anilines is 2. The topological polar surface area (TPSA) is 114 Å². The summed E-state index contributed by atoms with van der Waals surface area (Å²) in [6.45, 7) is 6.97. The summed E-state index contributed by atoms with van der Waals surface area (Å²) in [5.41, 5.74) is 12.0. The molecule has 4 N–H and O–H groups in total. The van der Waals surface area contributed by atoms with E-state index in [-0.39, 0.29) is 11.6 Å². The number of carbonyl (C=O) groups excluding carboxylic acids is 1. The van der Waals surface area contributed by atoms with Crippen molar-refractivity contribution in [3.63, 3.8) is 0 Å². The highest BCUT2D eigenvalue weighted by molar-refractivity contribution is 5.97. The molecule has 0 atom stereocenters. The molecule has 3 aromatic rings. The highest BCUT2D eigenvalue weighted by Gasteiger charge is 2.28. The lowest BCUT2D eigenvalue weighted by Crippen LogP contribution is -2.43. The number of rotatable bonds is 6. The number of furan rings is 1. The summed E-state index contributed by atoms with van der Waals surface area (Å²) in [7, 11) is 2.14. The summed E-state index contributed by atoms with van der Waals surface area (Å²) in [6.07, 6.45) is 6.63. The van der Waals surface area contributed by atoms with Gasteiger partial charge < -0.3 is 25.1 Å². The molecule has 2 aromatic heterocycles. The van der Waals surface area contributed by atoms with Crippen molar-refractivity contribution in [1.29, 1.82) is 0 Å². The molecule has 182 valence electrons. The Morgan fingerprint density at radius 3 is 2.57 bits per heavy atom. The van der Waals surface area contributed by atoms with Crippen LogP contribution in [-0.2, 0) is 11.3 Å². The monoisotopic (exact) mass is 475 g/mol. The molecule has 0 spiro atoms. The van der Waals surface area contributed by atoms with Crippen LogP contribution in [0.25, 0.3) is 11.0 Å². The molecule has 2 aliphatic heterocycles. The number of hydrazine groups is 1. The fourth-order valence-corrected chi connectivity index (χ4v) is 4.34. The number of primary amides is 1. The number of aliphatic hydroxyl groups excluding tert-OH is 1. The molecule has 10 nitrogen and oxygen atoms in total. The maximum Gasteiger partial charge on any atom is 0.271 e. The van der Waals surface area contributed by atoms with Crippen LogP contribution in [0.4, 0.5) is 11.6 Å². The minimum absolute atomic E-state index is 0.0535. The van der Waals surface area contributed by atoms with Gasteiger partial charge in [0.15, 0.2) is 5.70 Å². The zero-order valence-corrected chi connectivity index (χ0v) is 19.8. The van der Waals surface area contributed by atoms with Gasteiger partial charge in [0.05, 0.1) is 0 Å². The molecular weight excluding hydrogens is 446 g/mol. The Bertz CT molecular complexity index is 1290. The minimum atomic E-state index is -0.759. The van der Waals surface area contributed by atoms with E-state index >= 15 is 0 Å². The lowest BCUT2D eigenvalue weighted by Gasteiger charge is -2.33. The van der Waals surface area contributed by atoms with Crippen molar-refractivity contribution in [2.75, 3.05) is 43.6 Å². The number of nitrogens with zero attached hydrogens (tertiary/aromatic N) is 5. The van der Waals surface area contributed by atoms with Crippen molar-refractivity contribution in [3.05, 3.63) is 77.8 Å². The van der Waals surface area contributed by atoms with E-state index in [0.29, 0.717) is 11.5 Å². The highest BCUT2D eigenvalue weighted by Crippen LogP contribution is 2.31. The van der Waals surface area contributed by atoms with Crippen LogP contribution in [0.1, 0.15) is 11.1 Å². The first-order valence-electron chi connectivity index (χ1n) is 11.5. The van der Waals surface area contributed by atoms with Gasteiger partial charge in [-0.15, -0.1) is 0 Å². The van der Waals surface area contributed by atoms with Gasteiger partial charge in [0.25, 0.3) is 5.91 Å². The molecule has 0 saturated carbocycles. The first-order valence-corrected chi connectivity index (χ1v) is 11.5. The van der Waals surface area contributed by atoms with E-state index in [0.717, 1.165) is 49.4 Å². The third-order valence-corrected chi connectivity index (χ3v) is 6.46. The molecule has 35 heavy (non-hydrogen) atoms. The molecule has 1 aromatic carbocycles. The number of fused-ring (bicyclic) bond motifs is 1. The van der Waals surface area contributed by atoms with Gasteiger partial charge in [-0.05, 0) is 37.7 Å². The van der Waals surface area contributed by atoms with Gasteiger partial charge in [-0.3, -0.25) is 20.1 Å². The van der Waals surface area contributed by atoms with Crippen molar-refractivity contribution in [3.8, 4) is 0 Å². The van der Waals surface area contributed by atoms with Crippen LogP contribution in [0.3, 0.4) is 0 Å². The van der Waals surface area contributed by atoms with E-state index in [9.17, 15) is 9.90 Å². The first kappa shape index (κ1) is 22.8.